The molecule has 0 saturated carbocycles. The highest BCUT2D eigenvalue weighted by molar-refractivity contribution is 6.30. The summed E-state index contributed by atoms with van der Waals surface area (Å²) in [6.07, 6.45) is -0.416. The van der Waals surface area contributed by atoms with Crippen molar-refractivity contribution in [3.05, 3.63) is 70.7 Å². The van der Waals surface area contributed by atoms with E-state index in [1.165, 1.54) is 0 Å². The van der Waals surface area contributed by atoms with Crippen LogP contribution in [0.15, 0.2) is 54.6 Å². The normalized spacial score (nSPS) is 11.9. The molecule has 3 nitrogen and oxygen atoms in total. The molecule has 0 bridgehead atoms. The third-order valence-corrected chi connectivity index (χ3v) is 3.21. The summed E-state index contributed by atoms with van der Waals surface area (Å²) in [7, 11) is 0. The van der Waals surface area contributed by atoms with Gasteiger partial charge in [-0.25, -0.2) is 0 Å². The standard InChI is InChI=1S/C16H16ClNO2/c17-14-8-6-13(7-9-14)15(19)11-18-16(20)10-12-4-2-1-3-5-12/h1-9,15,19H,10-11H2,(H,18,20)/t15-/m0/s1. The second kappa shape index (κ2) is 7.08. The van der Waals surface area contributed by atoms with Gasteiger partial charge in [-0.3, -0.25) is 4.79 Å². The first-order chi connectivity index (χ1) is 9.65. The highest BCUT2D eigenvalue weighted by Gasteiger charge is 2.09. The zero-order valence-electron chi connectivity index (χ0n) is 10.9. The number of halogens is 1. The van der Waals surface area contributed by atoms with Crippen molar-refractivity contribution in [2.75, 3.05) is 6.54 Å². The van der Waals surface area contributed by atoms with E-state index >= 15 is 0 Å². The number of aliphatic hydroxyl groups excluding tert-OH is 1. The lowest BCUT2D eigenvalue weighted by atomic mass is 10.1. The molecule has 0 fully saturated rings. The summed E-state index contributed by atoms with van der Waals surface area (Å²) in [5.41, 5.74) is 1.68. The minimum atomic E-state index is -0.730. The molecule has 0 aliphatic heterocycles. The monoisotopic (exact) mass is 289 g/mol. The molecule has 2 aromatic carbocycles. The predicted molar refractivity (Wildman–Crippen MR) is 79.6 cm³/mol. The Morgan fingerprint density at radius 3 is 2.40 bits per heavy atom. The van der Waals surface area contributed by atoms with Gasteiger partial charge < -0.3 is 10.4 Å². The zero-order valence-corrected chi connectivity index (χ0v) is 11.7. The average Bonchev–Trinajstić information content (AvgIpc) is 2.46. The first-order valence-electron chi connectivity index (χ1n) is 6.39. The van der Waals surface area contributed by atoms with Crippen molar-refractivity contribution < 1.29 is 9.90 Å². The van der Waals surface area contributed by atoms with E-state index in [2.05, 4.69) is 5.32 Å². The second-order valence-electron chi connectivity index (χ2n) is 4.53. The van der Waals surface area contributed by atoms with Gasteiger partial charge in [-0.15, -0.1) is 0 Å². The summed E-state index contributed by atoms with van der Waals surface area (Å²) in [6, 6.07) is 16.4. The lowest BCUT2D eigenvalue weighted by Gasteiger charge is -2.12. The van der Waals surface area contributed by atoms with Gasteiger partial charge in [-0.2, -0.15) is 0 Å². The molecule has 0 heterocycles. The maximum Gasteiger partial charge on any atom is 0.224 e. The summed E-state index contributed by atoms with van der Waals surface area (Å²) >= 11 is 5.78. The molecule has 0 unspecified atom stereocenters. The van der Waals surface area contributed by atoms with E-state index < -0.39 is 6.10 Å². The van der Waals surface area contributed by atoms with Gasteiger partial charge in [0, 0.05) is 11.6 Å². The molecule has 1 amide bonds. The first kappa shape index (κ1) is 14.6. The van der Waals surface area contributed by atoms with Crippen molar-refractivity contribution in [1.82, 2.24) is 5.32 Å². The number of benzene rings is 2. The van der Waals surface area contributed by atoms with Gasteiger partial charge in [0.2, 0.25) is 5.91 Å². The fourth-order valence-electron chi connectivity index (χ4n) is 1.86. The van der Waals surface area contributed by atoms with Crippen molar-refractivity contribution in [3.8, 4) is 0 Å². The number of nitrogens with one attached hydrogen (secondary N) is 1. The van der Waals surface area contributed by atoms with Crippen LogP contribution in [0.5, 0.6) is 0 Å². The molecule has 2 rings (SSSR count). The van der Waals surface area contributed by atoms with Crippen LogP contribution < -0.4 is 5.32 Å². The molecular weight excluding hydrogens is 274 g/mol. The maximum atomic E-state index is 11.8. The van der Waals surface area contributed by atoms with Crippen LogP contribution in [-0.2, 0) is 11.2 Å². The zero-order chi connectivity index (χ0) is 14.4. The molecule has 2 N–H and O–H groups in total. The van der Waals surface area contributed by atoms with E-state index in [0.717, 1.165) is 11.1 Å². The molecule has 0 spiro atoms. The molecule has 1 atom stereocenters. The van der Waals surface area contributed by atoms with Gasteiger partial charge in [0.1, 0.15) is 0 Å². The topological polar surface area (TPSA) is 49.3 Å². The number of hydrogen-bond donors (Lipinski definition) is 2. The third-order valence-electron chi connectivity index (χ3n) is 2.95. The Hall–Kier alpha value is -1.84. The van der Waals surface area contributed by atoms with Gasteiger partial charge in [-0.05, 0) is 23.3 Å². The van der Waals surface area contributed by atoms with Gasteiger partial charge in [0.25, 0.3) is 0 Å². The number of carbonyl (C=O) groups is 1. The number of carbonyl (C=O) groups excluding carboxylic acids is 1. The Kier molecular flexibility index (Phi) is 5.16. The van der Waals surface area contributed by atoms with Crippen LogP contribution in [0.2, 0.25) is 5.02 Å². The highest BCUT2D eigenvalue weighted by Crippen LogP contribution is 2.15. The lowest BCUT2D eigenvalue weighted by molar-refractivity contribution is -0.120. The Balaban J connectivity index is 1.82. The van der Waals surface area contributed by atoms with Crippen LogP contribution in [0.1, 0.15) is 17.2 Å². The molecule has 104 valence electrons. The second-order valence-corrected chi connectivity index (χ2v) is 4.97. The highest BCUT2D eigenvalue weighted by atomic mass is 35.5. The van der Waals surface area contributed by atoms with Gasteiger partial charge in [0.15, 0.2) is 0 Å². The molecule has 2 aromatic rings. The molecule has 0 aromatic heterocycles. The van der Waals surface area contributed by atoms with E-state index in [1.54, 1.807) is 24.3 Å². The smallest absolute Gasteiger partial charge is 0.224 e. The maximum absolute atomic E-state index is 11.8. The first-order valence-corrected chi connectivity index (χ1v) is 6.77. The summed E-state index contributed by atoms with van der Waals surface area (Å²) < 4.78 is 0. The van der Waals surface area contributed by atoms with Gasteiger partial charge >= 0.3 is 0 Å². The van der Waals surface area contributed by atoms with Crippen LogP contribution in [-0.4, -0.2) is 17.6 Å². The predicted octanol–water partition coefficient (Wildman–Crippen LogP) is 2.73. The van der Waals surface area contributed by atoms with E-state index in [0.29, 0.717) is 11.4 Å². The van der Waals surface area contributed by atoms with Crippen LogP contribution in [0.25, 0.3) is 0 Å². The third kappa shape index (κ3) is 4.37. The molecular formula is C16H16ClNO2. The van der Waals surface area contributed by atoms with Crippen LogP contribution >= 0.6 is 11.6 Å². The van der Waals surface area contributed by atoms with E-state index in [4.69, 9.17) is 11.6 Å². The fourth-order valence-corrected chi connectivity index (χ4v) is 1.98. The van der Waals surface area contributed by atoms with Crippen LogP contribution in [0, 0.1) is 0 Å². The summed E-state index contributed by atoms with van der Waals surface area (Å²) in [4.78, 5) is 11.8. The van der Waals surface area contributed by atoms with Crippen molar-refractivity contribution >= 4 is 17.5 Å². The summed E-state index contributed by atoms with van der Waals surface area (Å²) in [5, 5.41) is 13.3. The van der Waals surface area contributed by atoms with Crippen molar-refractivity contribution in [3.63, 3.8) is 0 Å². The number of rotatable bonds is 5. The molecule has 0 saturated heterocycles. The Morgan fingerprint density at radius 2 is 1.75 bits per heavy atom. The van der Waals surface area contributed by atoms with Gasteiger partial charge in [0.05, 0.1) is 12.5 Å². The van der Waals surface area contributed by atoms with Crippen LogP contribution in [0.4, 0.5) is 0 Å². The number of aliphatic hydroxyl groups is 1. The van der Waals surface area contributed by atoms with Crippen molar-refractivity contribution in [1.29, 1.82) is 0 Å². The SMILES string of the molecule is O=C(Cc1ccccc1)NC[C@H](O)c1ccc(Cl)cc1. The largest absolute Gasteiger partial charge is 0.387 e. The Morgan fingerprint density at radius 1 is 1.10 bits per heavy atom. The molecule has 0 aliphatic carbocycles. The summed E-state index contributed by atoms with van der Waals surface area (Å²) in [5.74, 6) is -0.107. The number of hydrogen-bond acceptors (Lipinski definition) is 2. The Labute approximate surface area is 123 Å². The van der Waals surface area contributed by atoms with E-state index in [-0.39, 0.29) is 12.5 Å². The molecule has 0 aliphatic rings. The lowest BCUT2D eigenvalue weighted by Crippen LogP contribution is -2.29. The minimum Gasteiger partial charge on any atom is -0.387 e. The van der Waals surface area contributed by atoms with Gasteiger partial charge in [-0.1, -0.05) is 54.1 Å². The van der Waals surface area contributed by atoms with E-state index in [1.807, 2.05) is 30.3 Å². The molecule has 20 heavy (non-hydrogen) atoms. The average molecular weight is 290 g/mol. The van der Waals surface area contributed by atoms with Crippen molar-refractivity contribution in [2.45, 2.75) is 12.5 Å². The van der Waals surface area contributed by atoms with Crippen LogP contribution in [0.3, 0.4) is 0 Å². The Bertz CT molecular complexity index is 554. The number of amides is 1. The summed E-state index contributed by atoms with van der Waals surface area (Å²) in [6.45, 7) is 0.188. The molecule has 4 heteroatoms. The van der Waals surface area contributed by atoms with E-state index in [9.17, 15) is 9.90 Å². The molecule has 0 radical (unpaired) electrons. The quantitative estimate of drug-likeness (QED) is 0.889. The minimum absolute atomic E-state index is 0.107. The fraction of sp³-hybridized carbons (Fsp3) is 0.188. The van der Waals surface area contributed by atoms with Crippen molar-refractivity contribution in [2.24, 2.45) is 0 Å².